The summed E-state index contributed by atoms with van der Waals surface area (Å²) in [4.78, 5) is 7.30. The number of rotatable bonds is 5. The predicted molar refractivity (Wildman–Crippen MR) is 81.2 cm³/mol. The lowest BCUT2D eigenvalue weighted by Crippen LogP contribution is -2.30. The largest absolute Gasteiger partial charge is 0.271 e. The van der Waals surface area contributed by atoms with Crippen molar-refractivity contribution in [1.29, 1.82) is 0 Å². The van der Waals surface area contributed by atoms with Gasteiger partial charge in [0, 0.05) is 27.6 Å². The highest BCUT2D eigenvalue weighted by Gasteiger charge is 2.15. The third-order valence-electron chi connectivity index (χ3n) is 3.31. The van der Waals surface area contributed by atoms with Crippen LogP contribution in [0.1, 0.15) is 39.7 Å². The van der Waals surface area contributed by atoms with E-state index in [9.17, 15) is 0 Å². The average Bonchev–Trinajstić information content (AvgIpc) is 2.84. The summed E-state index contributed by atoms with van der Waals surface area (Å²) in [5.74, 6) is 5.73. The molecule has 0 spiro atoms. The molecule has 102 valence electrons. The van der Waals surface area contributed by atoms with Gasteiger partial charge in [0.1, 0.15) is 0 Å². The van der Waals surface area contributed by atoms with E-state index in [1.54, 1.807) is 0 Å². The smallest absolute Gasteiger partial charge is 0.0526 e. The number of hydrogen-bond donors (Lipinski definition) is 2. The Morgan fingerprint density at radius 3 is 2.53 bits per heavy atom. The van der Waals surface area contributed by atoms with Gasteiger partial charge >= 0.3 is 0 Å². The van der Waals surface area contributed by atoms with Crippen LogP contribution in [0.25, 0.3) is 0 Å². The van der Waals surface area contributed by atoms with Gasteiger partial charge in [0.25, 0.3) is 0 Å². The van der Waals surface area contributed by atoms with E-state index in [4.69, 9.17) is 5.84 Å². The number of nitrogens with two attached hydrogens (primary N) is 1. The first kappa shape index (κ1) is 14.2. The Hall–Kier alpha value is -1.23. The molecular formula is C15H21N3S. The van der Waals surface area contributed by atoms with E-state index in [-0.39, 0.29) is 6.04 Å². The predicted octanol–water partition coefficient (Wildman–Crippen LogP) is 3.07. The van der Waals surface area contributed by atoms with Crippen molar-refractivity contribution in [3.8, 4) is 0 Å². The van der Waals surface area contributed by atoms with E-state index < -0.39 is 0 Å². The van der Waals surface area contributed by atoms with Crippen molar-refractivity contribution in [3.63, 3.8) is 0 Å². The lowest BCUT2D eigenvalue weighted by molar-refractivity contribution is 0.550. The third kappa shape index (κ3) is 3.41. The van der Waals surface area contributed by atoms with Gasteiger partial charge < -0.3 is 0 Å². The normalized spacial score (nSPS) is 12.6. The van der Waals surface area contributed by atoms with Crippen LogP contribution in [0.15, 0.2) is 24.3 Å². The maximum atomic E-state index is 5.73. The Morgan fingerprint density at radius 2 is 1.95 bits per heavy atom. The molecule has 2 aromatic rings. The van der Waals surface area contributed by atoms with Gasteiger partial charge in [0.2, 0.25) is 0 Å². The van der Waals surface area contributed by atoms with Crippen LogP contribution >= 0.6 is 11.3 Å². The number of thiophene rings is 1. The van der Waals surface area contributed by atoms with Gasteiger partial charge in [-0.15, -0.1) is 11.3 Å². The van der Waals surface area contributed by atoms with Crippen LogP contribution in [0.5, 0.6) is 0 Å². The minimum atomic E-state index is 0.122. The number of nitrogens with one attached hydrogen (secondary N) is 1. The zero-order chi connectivity index (χ0) is 13.8. The zero-order valence-electron chi connectivity index (χ0n) is 11.7. The van der Waals surface area contributed by atoms with E-state index in [1.807, 2.05) is 31.3 Å². The lowest BCUT2D eigenvalue weighted by Gasteiger charge is -2.17. The summed E-state index contributed by atoms with van der Waals surface area (Å²) < 4.78 is 0. The van der Waals surface area contributed by atoms with Crippen LogP contribution in [-0.2, 0) is 12.8 Å². The van der Waals surface area contributed by atoms with Crippen LogP contribution in [0.4, 0.5) is 0 Å². The molecule has 1 unspecified atom stereocenters. The quantitative estimate of drug-likeness (QED) is 0.651. The van der Waals surface area contributed by atoms with Gasteiger partial charge in [-0.3, -0.25) is 16.3 Å². The highest BCUT2D eigenvalue weighted by molar-refractivity contribution is 7.11. The molecule has 2 rings (SSSR count). The van der Waals surface area contributed by atoms with Crippen molar-refractivity contribution in [2.24, 2.45) is 5.84 Å². The summed E-state index contributed by atoms with van der Waals surface area (Å²) in [6.07, 6.45) is 2.00. The van der Waals surface area contributed by atoms with Crippen molar-refractivity contribution in [2.75, 3.05) is 0 Å². The number of hydrazine groups is 1. The first-order chi connectivity index (χ1) is 9.13. The summed E-state index contributed by atoms with van der Waals surface area (Å²) in [6, 6.07) is 8.68. The molecule has 0 saturated carbocycles. The number of aromatic nitrogens is 1. The van der Waals surface area contributed by atoms with Crippen LogP contribution in [0.2, 0.25) is 0 Å². The molecule has 0 radical (unpaired) electrons. The fraction of sp³-hybridized carbons (Fsp3) is 0.400. The average molecular weight is 275 g/mol. The van der Waals surface area contributed by atoms with Gasteiger partial charge in [-0.2, -0.15) is 0 Å². The second-order valence-corrected chi connectivity index (χ2v) is 6.03. The topological polar surface area (TPSA) is 50.9 Å². The van der Waals surface area contributed by atoms with E-state index in [1.165, 1.54) is 15.3 Å². The molecule has 2 heterocycles. The number of nitrogens with zero attached hydrogens (tertiary/aromatic N) is 1. The van der Waals surface area contributed by atoms with Crippen LogP contribution in [0, 0.1) is 13.8 Å². The summed E-state index contributed by atoms with van der Waals surface area (Å²) in [5.41, 5.74) is 6.20. The van der Waals surface area contributed by atoms with Crippen molar-refractivity contribution >= 4 is 11.3 Å². The Balaban J connectivity index is 2.19. The molecule has 0 bridgehead atoms. The maximum absolute atomic E-state index is 5.73. The van der Waals surface area contributed by atoms with Crippen LogP contribution < -0.4 is 11.3 Å². The fourth-order valence-electron chi connectivity index (χ4n) is 2.25. The molecular weight excluding hydrogens is 254 g/mol. The van der Waals surface area contributed by atoms with E-state index in [2.05, 4.69) is 35.5 Å². The second-order valence-electron chi connectivity index (χ2n) is 4.77. The first-order valence-electron chi connectivity index (χ1n) is 6.62. The molecule has 1 atom stereocenters. The fourth-order valence-corrected chi connectivity index (χ4v) is 3.25. The molecule has 2 aromatic heterocycles. The van der Waals surface area contributed by atoms with Crippen LogP contribution in [0.3, 0.4) is 0 Å². The van der Waals surface area contributed by atoms with Gasteiger partial charge in [-0.05, 0) is 44.0 Å². The Labute approximate surface area is 118 Å². The Morgan fingerprint density at radius 1 is 1.21 bits per heavy atom. The van der Waals surface area contributed by atoms with Crippen molar-refractivity contribution < 1.29 is 0 Å². The highest BCUT2D eigenvalue weighted by Crippen LogP contribution is 2.25. The number of pyridine rings is 1. The second kappa shape index (κ2) is 6.28. The van der Waals surface area contributed by atoms with E-state index in [0.29, 0.717) is 0 Å². The minimum Gasteiger partial charge on any atom is -0.271 e. The van der Waals surface area contributed by atoms with Crippen molar-refractivity contribution in [2.45, 2.75) is 39.7 Å². The molecule has 0 aliphatic heterocycles. The first-order valence-corrected chi connectivity index (χ1v) is 7.43. The minimum absolute atomic E-state index is 0.122. The molecule has 19 heavy (non-hydrogen) atoms. The lowest BCUT2D eigenvalue weighted by atomic mass is 10.0. The Kier molecular flexibility index (Phi) is 4.69. The molecule has 0 fully saturated rings. The molecule has 0 aromatic carbocycles. The van der Waals surface area contributed by atoms with Gasteiger partial charge in [-0.25, -0.2) is 0 Å². The summed E-state index contributed by atoms with van der Waals surface area (Å²) in [7, 11) is 0. The summed E-state index contributed by atoms with van der Waals surface area (Å²) in [5, 5.41) is 0. The van der Waals surface area contributed by atoms with Gasteiger partial charge in [0.15, 0.2) is 0 Å². The Bertz CT molecular complexity index is 548. The molecule has 0 aliphatic rings. The van der Waals surface area contributed by atoms with E-state index >= 15 is 0 Å². The van der Waals surface area contributed by atoms with Crippen molar-refractivity contribution in [3.05, 3.63) is 51.0 Å². The van der Waals surface area contributed by atoms with Gasteiger partial charge in [0.05, 0.1) is 6.04 Å². The van der Waals surface area contributed by atoms with Gasteiger partial charge in [-0.1, -0.05) is 13.0 Å². The molecule has 0 aliphatic carbocycles. The third-order valence-corrected chi connectivity index (χ3v) is 4.57. The zero-order valence-corrected chi connectivity index (χ0v) is 12.6. The molecule has 3 N–H and O–H groups in total. The molecule has 0 saturated heterocycles. The monoisotopic (exact) mass is 275 g/mol. The molecule has 3 nitrogen and oxygen atoms in total. The summed E-state index contributed by atoms with van der Waals surface area (Å²) in [6.45, 7) is 6.23. The highest BCUT2D eigenvalue weighted by atomic mass is 32.1. The van der Waals surface area contributed by atoms with Crippen LogP contribution in [-0.4, -0.2) is 4.98 Å². The molecule has 4 heteroatoms. The number of hydrogen-bond acceptors (Lipinski definition) is 4. The summed E-state index contributed by atoms with van der Waals surface area (Å²) >= 11 is 1.86. The SMILES string of the molecule is CCc1ccc(CC(NN)c2ccc(C)nc2C)s1. The maximum Gasteiger partial charge on any atom is 0.0526 e. The van der Waals surface area contributed by atoms with Crippen molar-refractivity contribution in [1.82, 2.24) is 10.4 Å². The number of aryl methyl sites for hydroxylation is 3. The standard InChI is InChI=1S/C15H21N3S/c1-4-12-6-7-13(19-12)9-15(18-16)14-8-5-10(2)17-11(14)3/h5-8,15,18H,4,9,16H2,1-3H3. The van der Waals surface area contributed by atoms with E-state index in [0.717, 1.165) is 24.2 Å². The molecule has 0 amide bonds.